The molecule has 82 valence electrons. The predicted molar refractivity (Wildman–Crippen MR) is 60.1 cm³/mol. The van der Waals surface area contributed by atoms with Crippen molar-refractivity contribution in [3.8, 4) is 0 Å². The van der Waals surface area contributed by atoms with E-state index in [1.165, 1.54) is 0 Å². The summed E-state index contributed by atoms with van der Waals surface area (Å²) in [5.41, 5.74) is 5.33. The van der Waals surface area contributed by atoms with Crippen molar-refractivity contribution in [2.75, 3.05) is 26.7 Å². The Hall–Kier alpha value is -0.680. The molecule has 5 heteroatoms. The maximum atomic E-state index is 11.2. The van der Waals surface area contributed by atoms with Crippen molar-refractivity contribution in [1.82, 2.24) is 4.90 Å². The standard InChI is InChI=1S/C9H18N2O2S/c1-3-4-5-13-9(12)7-11(2)6-8(10)14/h3-7H2,1-2H3,(H2,10,14). The van der Waals surface area contributed by atoms with Gasteiger partial charge in [0.2, 0.25) is 0 Å². The summed E-state index contributed by atoms with van der Waals surface area (Å²) in [6.07, 6.45) is 1.93. The second-order valence-corrected chi connectivity index (χ2v) is 3.74. The van der Waals surface area contributed by atoms with E-state index in [2.05, 4.69) is 0 Å². The molecule has 0 atom stereocenters. The zero-order valence-electron chi connectivity index (χ0n) is 8.78. The number of carbonyl (C=O) groups excluding carboxylic acids is 1. The number of rotatable bonds is 7. The SMILES string of the molecule is CCCCOC(=O)CN(C)CC(N)=S. The number of thiocarbonyl (C=S) groups is 1. The molecule has 0 fully saturated rings. The summed E-state index contributed by atoms with van der Waals surface area (Å²) in [5.74, 6) is -0.225. The van der Waals surface area contributed by atoms with Crippen LogP contribution in [0.4, 0.5) is 0 Å². The van der Waals surface area contributed by atoms with Crippen LogP contribution in [-0.2, 0) is 9.53 Å². The van der Waals surface area contributed by atoms with Crippen molar-refractivity contribution in [1.29, 1.82) is 0 Å². The van der Waals surface area contributed by atoms with Crippen LogP contribution < -0.4 is 5.73 Å². The van der Waals surface area contributed by atoms with E-state index in [4.69, 9.17) is 22.7 Å². The van der Waals surface area contributed by atoms with Gasteiger partial charge >= 0.3 is 5.97 Å². The number of nitrogens with two attached hydrogens (primary N) is 1. The van der Waals surface area contributed by atoms with Gasteiger partial charge in [0.05, 0.1) is 18.1 Å². The van der Waals surface area contributed by atoms with Gasteiger partial charge in [-0.05, 0) is 13.5 Å². The highest BCUT2D eigenvalue weighted by atomic mass is 32.1. The molecule has 0 aliphatic carbocycles. The van der Waals surface area contributed by atoms with E-state index in [9.17, 15) is 4.79 Å². The highest BCUT2D eigenvalue weighted by Gasteiger charge is 2.07. The maximum absolute atomic E-state index is 11.2. The fourth-order valence-electron chi connectivity index (χ4n) is 0.918. The Kier molecular flexibility index (Phi) is 7.32. The number of likely N-dealkylation sites (N-methyl/N-ethyl adjacent to an activating group) is 1. The molecule has 0 bridgehead atoms. The number of hydrogen-bond acceptors (Lipinski definition) is 4. The van der Waals surface area contributed by atoms with Gasteiger partial charge in [-0.15, -0.1) is 0 Å². The molecule has 0 aromatic carbocycles. The van der Waals surface area contributed by atoms with Gasteiger partial charge < -0.3 is 10.5 Å². The summed E-state index contributed by atoms with van der Waals surface area (Å²) in [7, 11) is 1.78. The van der Waals surface area contributed by atoms with Crippen molar-refractivity contribution in [2.24, 2.45) is 5.73 Å². The van der Waals surface area contributed by atoms with Crippen LogP contribution >= 0.6 is 12.2 Å². The smallest absolute Gasteiger partial charge is 0.320 e. The average Bonchev–Trinajstić information content (AvgIpc) is 2.02. The van der Waals surface area contributed by atoms with Crippen LogP contribution in [0.15, 0.2) is 0 Å². The molecule has 0 heterocycles. The Morgan fingerprint density at radius 1 is 1.50 bits per heavy atom. The Morgan fingerprint density at radius 3 is 2.64 bits per heavy atom. The molecule has 0 aliphatic rings. The fraction of sp³-hybridized carbons (Fsp3) is 0.778. The van der Waals surface area contributed by atoms with Gasteiger partial charge in [0.15, 0.2) is 0 Å². The topological polar surface area (TPSA) is 55.6 Å². The van der Waals surface area contributed by atoms with Crippen molar-refractivity contribution in [2.45, 2.75) is 19.8 Å². The molecular weight excluding hydrogens is 200 g/mol. The third-order valence-corrected chi connectivity index (χ3v) is 1.71. The van der Waals surface area contributed by atoms with E-state index < -0.39 is 0 Å². The van der Waals surface area contributed by atoms with Crippen LogP contribution in [0, 0.1) is 0 Å². The normalized spacial score (nSPS) is 10.2. The molecular formula is C9H18N2O2S. The van der Waals surface area contributed by atoms with E-state index in [0.717, 1.165) is 12.8 Å². The van der Waals surface area contributed by atoms with Crippen LogP contribution in [0.3, 0.4) is 0 Å². The molecule has 0 rings (SSSR count). The Balaban J connectivity index is 3.55. The van der Waals surface area contributed by atoms with Gasteiger partial charge in [0, 0.05) is 6.54 Å². The molecule has 14 heavy (non-hydrogen) atoms. The molecule has 0 aliphatic heterocycles. The van der Waals surface area contributed by atoms with Crippen LogP contribution in [0.2, 0.25) is 0 Å². The first-order chi connectivity index (χ1) is 6.56. The van der Waals surface area contributed by atoms with Gasteiger partial charge in [-0.25, -0.2) is 0 Å². The van der Waals surface area contributed by atoms with Crippen molar-refractivity contribution >= 4 is 23.2 Å². The molecule has 0 aromatic heterocycles. The number of ether oxygens (including phenoxy) is 1. The first kappa shape index (κ1) is 13.3. The first-order valence-electron chi connectivity index (χ1n) is 4.68. The lowest BCUT2D eigenvalue weighted by atomic mass is 10.4. The monoisotopic (exact) mass is 218 g/mol. The minimum Gasteiger partial charge on any atom is -0.465 e. The second kappa shape index (κ2) is 7.70. The molecule has 0 radical (unpaired) electrons. The molecule has 0 spiro atoms. The summed E-state index contributed by atoms with van der Waals surface area (Å²) in [4.78, 5) is 13.3. The van der Waals surface area contributed by atoms with Crippen LogP contribution in [0.5, 0.6) is 0 Å². The quantitative estimate of drug-likeness (QED) is 0.384. The molecule has 2 N–H and O–H groups in total. The number of unbranched alkanes of at least 4 members (excludes halogenated alkanes) is 1. The minimum atomic E-state index is -0.225. The zero-order valence-corrected chi connectivity index (χ0v) is 9.60. The van der Waals surface area contributed by atoms with Crippen molar-refractivity contribution < 1.29 is 9.53 Å². The summed E-state index contributed by atoms with van der Waals surface area (Å²) in [6.45, 7) is 3.22. The van der Waals surface area contributed by atoms with Gasteiger partial charge in [0.25, 0.3) is 0 Å². The lowest BCUT2D eigenvalue weighted by Gasteiger charge is -2.14. The average molecular weight is 218 g/mol. The highest BCUT2D eigenvalue weighted by Crippen LogP contribution is 1.90. The Bertz CT molecular complexity index is 197. The largest absolute Gasteiger partial charge is 0.465 e. The van der Waals surface area contributed by atoms with E-state index in [1.807, 2.05) is 6.92 Å². The number of hydrogen-bond donors (Lipinski definition) is 1. The third kappa shape index (κ3) is 7.94. The molecule has 0 saturated carbocycles. The van der Waals surface area contributed by atoms with Crippen molar-refractivity contribution in [3.63, 3.8) is 0 Å². The summed E-state index contributed by atoms with van der Waals surface area (Å²) in [5, 5.41) is 0. The summed E-state index contributed by atoms with van der Waals surface area (Å²) < 4.78 is 4.97. The van der Waals surface area contributed by atoms with Gasteiger partial charge in [0.1, 0.15) is 0 Å². The molecule has 0 saturated heterocycles. The van der Waals surface area contributed by atoms with Crippen LogP contribution in [0.1, 0.15) is 19.8 Å². The van der Waals surface area contributed by atoms with Gasteiger partial charge in [-0.2, -0.15) is 0 Å². The summed E-state index contributed by atoms with van der Waals surface area (Å²) in [6, 6.07) is 0. The van der Waals surface area contributed by atoms with E-state index in [1.54, 1.807) is 11.9 Å². The molecule has 4 nitrogen and oxygen atoms in total. The first-order valence-corrected chi connectivity index (χ1v) is 5.09. The molecule has 0 unspecified atom stereocenters. The minimum absolute atomic E-state index is 0.225. The highest BCUT2D eigenvalue weighted by molar-refractivity contribution is 7.80. The van der Waals surface area contributed by atoms with E-state index >= 15 is 0 Å². The number of esters is 1. The maximum Gasteiger partial charge on any atom is 0.320 e. The predicted octanol–water partition coefficient (Wildman–Crippen LogP) is 0.548. The van der Waals surface area contributed by atoms with Crippen LogP contribution in [0.25, 0.3) is 0 Å². The van der Waals surface area contributed by atoms with Crippen molar-refractivity contribution in [3.05, 3.63) is 0 Å². The van der Waals surface area contributed by atoms with Crippen LogP contribution in [-0.4, -0.2) is 42.6 Å². The molecule has 0 aromatic rings. The van der Waals surface area contributed by atoms with E-state index in [-0.39, 0.29) is 12.5 Å². The summed E-state index contributed by atoms with van der Waals surface area (Å²) >= 11 is 4.71. The molecule has 0 amide bonds. The number of nitrogens with zero attached hydrogens (tertiary/aromatic N) is 1. The second-order valence-electron chi connectivity index (χ2n) is 3.21. The van der Waals surface area contributed by atoms with Gasteiger partial charge in [-0.3, -0.25) is 9.69 Å². The third-order valence-electron chi connectivity index (χ3n) is 1.59. The van der Waals surface area contributed by atoms with Gasteiger partial charge in [-0.1, -0.05) is 25.6 Å². The zero-order chi connectivity index (χ0) is 11.0. The Labute approximate surface area is 90.4 Å². The Morgan fingerprint density at radius 2 is 2.14 bits per heavy atom. The number of carbonyl (C=O) groups is 1. The lowest BCUT2D eigenvalue weighted by molar-refractivity contribution is -0.144. The lowest BCUT2D eigenvalue weighted by Crippen LogP contribution is -2.34. The van der Waals surface area contributed by atoms with E-state index in [0.29, 0.717) is 18.1 Å². The fourth-order valence-corrected chi connectivity index (χ4v) is 1.14.